The fraction of sp³-hybridized carbons (Fsp3) is 0.208. The number of carbonyl (C=O) groups excluding carboxylic acids is 2. The van der Waals surface area contributed by atoms with E-state index in [1.54, 1.807) is 36.5 Å². The van der Waals surface area contributed by atoms with Crippen molar-refractivity contribution < 1.29 is 14.3 Å². The Labute approximate surface area is 185 Å². The second kappa shape index (κ2) is 8.78. The van der Waals surface area contributed by atoms with Crippen molar-refractivity contribution >= 4 is 34.8 Å². The monoisotopic (exact) mass is 435 g/mol. The van der Waals surface area contributed by atoms with Gasteiger partial charge in [0.25, 0.3) is 5.91 Å². The number of pyridine rings is 1. The summed E-state index contributed by atoms with van der Waals surface area (Å²) in [5.74, 6) is 0.0961. The van der Waals surface area contributed by atoms with Crippen LogP contribution in [0.1, 0.15) is 35.2 Å². The smallest absolute Gasteiger partial charge is 0.257 e. The minimum atomic E-state index is -0.551. The largest absolute Gasteiger partial charge is 0.494 e. The molecular formula is C24H22ClN3O3. The molecule has 0 radical (unpaired) electrons. The summed E-state index contributed by atoms with van der Waals surface area (Å²) in [5.41, 5.74) is 1.96. The van der Waals surface area contributed by atoms with Crippen molar-refractivity contribution in [1.82, 2.24) is 4.98 Å². The van der Waals surface area contributed by atoms with Crippen LogP contribution in [0.2, 0.25) is 5.02 Å². The first kappa shape index (κ1) is 20.9. The maximum Gasteiger partial charge on any atom is 0.257 e. The first-order chi connectivity index (χ1) is 15.0. The Morgan fingerprint density at radius 3 is 2.45 bits per heavy atom. The van der Waals surface area contributed by atoms with E-state index in [1.165, 1.54) is 13.3 Å². The van der Waals surface area contributed by atoms with Gasteiger partial charge in [0.15, 0.2) is 0 Å². The number of halogens is 1. The number of anilines is 2. The highest BCUT2D eigenvalue weighted by Gasteiger charge is 2.45. The van der Waals surface area contributed by atoms with Gasteiger partial charge in [-0.3, -0.25) is 14.6 Å². The lowest BCUT2D eigenvalue weighted by Crippen LogP contribution is -2.46. The van der Waals surface area contributed by atoms with Crippen LogP contribution in [-0.4, -0.2) is 23.9 Å². The van der Waals surface area contributed by atoms with Gasteiger partial charge < -0.3 is 15.4 Å². The molecule has 2 N–H and O–H groups in total. The Hall–Kier alpha value is -3.38. The van der Waals surface area contributed by atoms with E-state index in [4.69, 9.17) is 16.3 Å². The fourth-order valence-electron chi connectivity index (χ4n) is 3.76. The fourth-order valence-corrected chi connectivity index (χ4v) is 3.89. The van der Waals surface area contributed by atoms with Gasteiger partial charge in [0.05, 0.1) is 23.8 Å². The first-order valence-electron chi connectivity index (χ1n) is 9.99. The molecule has 158 valence electrons. The molecule has 0 aliphatic heterocycles. The molecule has 1 aromatic heterocycles. The van der Waals surface area contributed by atoms with Gasteiger partial charge >= 0.3 is 0 Å². The molecule has 7 heteroatoms. The number of benzene rings is 2. The van der Waals surface area contributed by atoms with E-state index in [0.29, 0.717) is 27.7 Å². The summed E-state index contributed by atoms with van der Waals surface area (Å²) in [4.78, 5) is 29.6. The average Bonchev–Trinajstić information content (AvgIpc) is 2.76. The number of rotatable bonds is 6. The van der Waals surface area contributed by atoms with Crippen molar-refractivity contribution in [3.8, 4) is 5.75 Å². The lowest BCUT2D eigenvalue weighted by Gasteiger charge is -2.40. The minimum Gasteiger partial charge on any atom is -0.494 e. The molecule has 0 saturated heterocycles. The number of ether oxygens (including phenoxy) is 1. The highest BCUT2D eigenvalue weighted by Crippen LogP contribution is 2.45. The van der Waals surface area contributed by atoms with Crippen LogP contribution in [0.3, 0.4) is 0 Å². The van der Waals surface area contributed by atoms with Crippen molar-refractivity contribution in [2.45, 2.75) is 24.7 Å². The molecule has 1 aliphatic rings. The zero-order chi connectivity index (χ0) is 21.8. The Kier molecular flexibility index (Phi) is 5.91. The molecule has 0 bridgehead atoms. The lowest BCUT2D eigenvalue weighted by molar-refractivity contribution is -0.124. The minimum absolute atomic E-state index is 0.0599. The van der Waals surface area contributed by atoms with Gasteiger partial charge in [-0.05, 0) is 54.8 Å². The van der Waals surface area contributed by atoms with E-state index in [0.717, 1.165) is 24.8 Å². The van der Waals surface area contributed by atoms with Crippen LogP contribution in [0.4, 0.5) is 11.4 Å². The topological polar surface area (TPSA) is 80.3 Å². The van der Waals surface area contributed by atoms with Crippen LogP contribution < -0.4 is 15.4 Å². The number of nitrogens with zero attached hydrogens (tertiary/aromatic N) is 1. The number of hydrogen-bond acceptors (Lipinski definition) is 4. The maximum atomic E-state index is 13.2. The van der Waals surface area contributed by atoms with Crippen molar-refractivity contribution in [3.05, 3.63) is 83.1 Å². The molecule has 31 heavy (non-hydrogen) atoms. The van der Waals surface area contributed by atoms with Gasteiger partial charge in [-0.1, -0.05) is 30.2 Å². The van der Waals surface area contributed by atoms with Gasteiger partial charge in [-0.2, -0.15) is 0 Å². The summed E-state index contributed by atoms with van der Waals surface area (Å²) < 4.78 is 5.43. The summed E-state index contributed by atoms with van der Waals surface area (Å²) >= 11 is 6.01. The van der Waals surface area contributed by atoms with E-state index in [9.17, 15) is 9.59 Å². The number of methoxy groups -OCH3 is 1. The highest BCUT2D eigenvalue weighted by molar-refractivity contribution is 6.30. The summed E-state index contributed by atoms with van der Waals surface area (Å²) in [6.07, 6.45) is 5.67. The third kappa shape index (κ3) is 4.25. The van der Waals surface area contributed by atoms with Gasteiger partial charge in [-0.15, -0.1) is 0 Å². The average molecular weight is 436 g/mol. The summed E-state index contributed by atoms with van der Waals surface area (Å²) in [6, 6.07) is 16.0. The predicted molar refractivity (Wildman–Crippen MR) is 121 cm³/mol. The molecule has 1 aliphatic carbocycles. The van der Waals surface area contributed by atoms with Gasteiger partial charge in [0, 0.05) is 29.2 Å². The van der Waals surface area contributed by atoms with E-state index < -0.39 is 5.41 Å². The van der Waals surface area contributed by atoms with E-state index in [1.807, 2.05) is 24.3 Å². The molecule has 2 aromatic carbocycles. The van der Waals surface area contributed by atoms with Crippen molar-refractivity contribution in [1.29, 1.82) is 0 Å². The molecule has 1 fully saturated rings. The molecule has 2 amide bonds. The van der Waals surface area contributed by atoms with Gasteiger partial charge in [0.1, 0.15) is 5.75 Å². The highest BCUT2D eigenvalue weighted by atomic mass is 35.5. The molecule has 1 heterocycles. The van der Waals surface area contributed by atoms with Crippen molar-refractivity contribution in [3.63, 3.8) is 0 Å². The number of nitrogens with one attached hydrogen (secondary N) is 2. The molecule has 4 rings (SSSR count). The Balaban J connectivity index is 1.52. The Morgan fingerprint density at radius 1 is 1.06 bits per heavy atom. The van der Waals surface area contributed by atoms with Gasteiger partial charge in [-0.25, -0.2) is 0 Å². The number of carbonyl (C=O) groups is 2. The second-order valence-electron chi connectivity index (χ2n) is 7.51. The third-order valence-electron chi connectivity index (χ3n) is 5.67. The molecule has 0 unspecified atom stereocenters. The van der Waals surface area contributed by atoms with Crippen LogP contribution >= 0.6 is 11.6 Å². The summed E-state index contributed by atoms with van der Waals surface area (Å²) in [7, 11) is 1.52. The van der Waals surface area contributed by atoms with Crippen LogP contribution in [-0.2, 0) is 10.2 Å². The van der Waals surface area contributed by atoms with Crippen LogP contribution in [0.5, 0.6) is 5.75 Å². The quantitative estimate of drug-likeness (QED) is 0.567. The third-order valence-corrected chi connectivity index (χ3v) is 5.92. The van der Waals surface area contributed by atoms with E-state index in [2.05, 4.69) is 15.6 Å². The van der Waals surface area contributed by atoms with Crippen LogP contribution in [0.25, 0.3) is 0 Å². The molecule has 6 nitrogen and oxygen atoms in total. The van der Waals surface area contributed by atoms with Crippen LogP contribution in [0.15, 0.2) is 67.0 Å². The second-order valence-corrected chi connectivity index (χ2v) is 7.94. The van der Waals surface area contributed by atoms with E-state index >= 15 is 0 Å². The molecule has 3 aromatic rings. The Bertz CT molecular complexity index is 1100. The van der Waals surface area contributed by atoms with Crippen LogP contribution in [0, 0.1) is 0 Å². The first-order valence-corrected chi connectivity index (χ1v) is 10.4. The van der Waals surface area contributed by atoms with Crippen molar-refractivity contribution in [2.24, 2.45) is 0 Å². The zero-order valence-electron chi connectivity index (χ0n) is 17.0. The number of hydrogen-bond donors (Lipinski definition) is 2. The molecule has 0 spiro atoms. The SMILES string of the molecule is COc1cc(NC(=O)C2(c3ccc(Cl)cc3)CCC2)ccc1NC(=O)c1cccnc1. The number of amides is 2. The zero-order valence-corrected chi connectivity index (χ0v) is 17.8. The normalized spacial score (nSPS) is 14.3. The number of aromatic nitrogens is 1. The summed E-state index contributed by atoms with van der Waals surface area (Å²) in [6.45, 7) is 0. The molecular weight excluding hydrogens is 414 g/mol. The molecule has 0 atom stereocenters. The maximum absolute atomic E-state index is 13.2. The lowest BCUT2D eigenvalue weighted by atomic mass is 9.64. The Morgan fingerprint density at radius 2 is 1.84 bits per heavy atom. The van der Waals surface area contributed by atoms with Crippen molar-refractivity contribution in [2.75, 3.05) is 17.7 Å². The standard InChI is InChI=1S/C24H22ClN3O3/c1-31-21-14-19(9-10-20(21)28-22(29)16-4-2-13-26-15-16)27-23(30)24(11-3-12-24)17-5-7-18(25)8-6-17/h2,4-10,13-15H,3,11-12H2,1H3,(H,27,30)(H,28,29). The van der Waals surface area contributed by atoms with E-state index in [-0.39, 0.29) is 11.8 Å². The summed E-state index contributed by atoms with van der Waals surface area (Å²) in [5, 5.41) is 6.47. The predicted octanol–water partition coefficient (Wildman–Crippen LogP) is 5.06. The van der Waals surface area contributed by atoms with Gasteiger partial charge in [0.2, 0.25) is 5.91 Å². The molecule has 1 saturated carbocycles.